The van der Waals surface area contributed by atoms with Gasteiger partial charge in [0.2, 0.25) is 0 Å². The maximum atomic E-state index is 9.93. The molecule has 0 spiro atoms. The molecule has 0 aromatic carbocycles. The largest absolute Gasteiger partial charge is 0.480 e. The maximum absolute atomic E-state index is 9.93. The van der Waals surface area contributed by atoms with Gasteiger partial charge in [-0.05, 0) is 0 Å². The second kappa shape index (κ2) is 2.87. The molecule has 0 heterocycles. The van der Waals surface area contributed by atoms with E-state index in [2.05, 4.69) is 12.6 Å². The van der Waals surface area contributed by atoms with Crippen LogP contribution in [0.3, 0.4) is 0 Å². The number of carbonyl (C=O) groups is 1. The van der Waals surface area contributed by atoms with Crippen molar-refractivity contribution < 1.29 is 12.6 Å². The molecule has 1 unspecified atom stereocenters. The van der Waals surface area contributed by atoms with Crippen molar-refractivity contribution in [2.75, 3.05) is 5.70 Å². The zero-order chi connectivity index (χ0) is 7.65. The van der Waals surface area contributed by atoms with E-state index in [9.17, 15) is 4.79 Å². The van der Waals surface area contributed by atoms with E-state index in [0.717, 1.165) is 0 Å². The van der Waals surface area contributed by atoms with Crippen LogP contribution in [0.2, 0.25) is 0 Å². The molecule has 0 aliphatic rings. The van der Waals surface area contributed by atoms with Gasteiger partial charge in [-0.15, -0.1) is 0 Å². The van der Waals surface area contributed by atoms with Crippen LogP contribution in [0.15, 0.2) is 0 Å². The minimum absolute atomic E-state index is 1.39. The van der Waals surface area contributed by atoms with Crippen molar-refractivity contribution in [1.82, 2.24) is 0 Å². The molecule has 0 aromatic heterocycles. The Kier molecular flexibility index (Phi) is 1.54. The molecule has 42 valence electrons. The Balaban J connectivity index is 4.04. The van der Waals surface area contributed by atoms with Crippen LogP contribution < -0.4 is 5.73 Å². The SMILES string of the molecule is [2H]C([2H])(S)C(N)C(=O)O. The molecule has 7 heavy (non-hydrogen) atoms. The molecule has 0 radical (unpaired) electrons. The summed E-state index contributed by atoms with van der Waals surface area (Å²) in [5, 5.41) is 8.10. The van der Waals surface area contributed by atoms with Crippen molar-refractivity contribution in [3.8, 4) is 0 Å². The smallest absolute Gasteiger partial charge is 0.321 e. The van der Waals surface area contributed by atoms with Gasteiger partial charge in [0.1, 0.15) is 6.04 Å². The van der Waals surface area contributed by atoms with E-state index in [4.69, 9.17) is 13.6 Å². The number of thiol groups is 1. The Morgan fingerprint density at radius 1 is 2.29 bits per heavy atom. The summed E-state index contributed by atoms with van der Waals surface area (Å²) in [6, 6.07) is -1.57. The molecule has 3 N–H and O–H groups in total. The number of rotatable bonds is 2. The van der Waals surface area contributed by atoms with Gasteiger partial charge in [-0.25, -0.2) is 0 Å². The zero-order valence-corrected chi connectivity index (χ0v) is 4.35. The number of hydrogen-bond donors (Lipinski definition) is 3. The van der Waals surface area contributed by atoms with Crippen molar-refractivity contribution >= 4 is 18.6 Å². The second-order valence-corrected chi connectivity index (χ2v) is 1.20. The molecular formula is C3H7NO2S. The molecule has 4 heteroatoms. The van der Waals surface area contributed by atoms with Crippen molar-refractivity contribution in [1.29, 1.82) is 0 Å². The Hall–Kier alpha value is -0.220. The first-order chi connectivity index (χ1) is 3.85. The predicted octanol–water partition coefficient (Wildman–Crippen LogP) is -0.672. The van der Waals surface area contributed by atoms with E-state index in [1.54, 1.807) is 0 Å². The van der Waals surface area contributed by atoms with E-state index in [-0.39, 0.29) is 0 Å². The molecule has 3 nitrogen and oxygen atoms in total. The lowest BCUT2D eigenvalue weighted by molar-refractivity contribution is -0.137. The average Bonchev–Trinajstić information content (AvgIpc) is 1.62. The summed E-state index contributed by atoms with van der Waals surface area (Å²) in [6.45, 7) is 0. The van der Waals surface area contributed by atoms with Gasteiger partial charge in [-0.1, -0.05) is 0 Å². The summed E-state index contributed by atoms with van der Waals surface area (Å²) >= 11 is 3.32. The van der Waals surface area contributed by atoms with Gasteiger partial charge in [-0.3, -0.25) is 4.79 Å². The third-order valence-electron chi connectivity index (χ3n) is 0.405. The van der Waals surface area contributed by atoms with Crippen molar-refractivity contribution in [2.45, 2.75) is 6.04 Å². The van der Waals surface area contributed by atoms with Crippen LogP contribution in [-0.4, -0.2) is 22.8 Å². The molecule has 0 saturated heterocycles. The van der Waals surface area contributed by atoms with Crippen LogP contribution in [0.4, 0.5) is 0 Å². The molecular weight excluding hydrogens is 114 g/mol. The normalized spacial score (nSPS) is 19.7. The quantitative estimate of drug-likeness (QED) is 0.427. The Bertz CT molecular complexity index is 123. The first kappa shape index (κ1) is 3.74. The molecule has 0 rings (SSSR count). The van der Waals surface area contributed by atoms with E-state index < -0.39 is 17.7 Å². The summed E-state index contributed by atoms with van der Waals surface area (Å²) in [6.07, 6.45) is 0. The van der Waals surface area contributed by atoms with Gasteiger partial charge in [0, 0.05) is 8.45 Å². The minimum atomic E-state index is -2.15. The fraction of sp³-hybridized carbons (Fsp3) is 0.667. The molecule has 0 fully saturated rings. The molecule has 0 bridgehead atoms. The van der Waals surface area contributed by atoms with Gasteiger partial charge in [0.15, 0.2) is 0 Å². The van der Waals surface area contributed by atoms with Crippen LogP contribution in [0.25, 0.3) is 0 Å². The molecule has 0 amide bonds. The fourth-order valence-corrected chi connectivity index (χ4v) is 0.166. The Morgan fingerprint density at radius 3 is 2.71 bits per heavy atom. The lowest BCUT2D eigenvalue weighted by Crippen LogP contribution is -2.31. The fourth-order valence-electron chi connectivity index (χ4n) is 0.0552. The number of aliphatic carboxylic acids is 1. The lowest BCUT2D eigenvalue weighted by Gasteiger charge is -1.96. The summed E-state index contributed by atoms with van der Waals surface area (Å²) in [5.74, 6) is -1.39. The molecule has 0 aliphatic heterocycles. The Labute approximate surface area is 49.7 Å². The highest BCUT2D eigenvalue weighted by atomic mass is 32.1. The Morgan fingerprint density at radius 2 is 2.71 bits per heavy atom. The lowest BCUT2D eigenvalue weighted by atomic mass is 10.4. The van der Waals surface area contributed by atoms with Crippen LogP contribution >= 0.6 is 12.6 Å². The van der Waals surface area contributed by atoms with Gasteiger partial charge in [0.05, 0.1) is 0 Å². The maximum Gasteiger partial charge on any atom is 0.321 e. The predicted molar refractivity (Wildman–Crippen MR) is 29.5 cm³/mol. The summed E-state index contributed by atoms with van der Waals surface area (Å²) < 4.78 is 13.4. The topological polar surface area (TPSA) is 63.3 Å². The minimum Gasteiger partial charge on any atom is -0.480 e. The summed E-state index contributed by atoms with van der Waals surface area (Å²) in [7, 11) is 0. The molecule has 1 atom stereocenters. The highest BCUT2D eigenvalue weighted by Crippen LogP contribution is 1.80. The van der Waals surface area contributed by atoms with Crippen LogP contribution in [0, 0.1) is 0 Å². The monoisotopic (exact) mass is 123 g/mol. The van der Waals surface area contributed by atoms with E-state index in [0.29, 0.717) is 0 Å². The van der Waals surface area contributed by atoms with Crippen molar-refractivity contribution in [3.63, 3.8) is 0 Å². The van der Waals surface area contributed by atoms with Crippen LogP contribution in [-0.2, 0) is 4.79 Å². The van der Waals surface area contributed by atoms with Gasteiger partial charge in [-0.2, -0.15) is 12.6 Å². The van der Waals surface area contributed by atoms with Gasteiger partial charge < -0.3 is 10.8 Å². The standard InChI is InChI=1S/C3H7NO2S/c4-2(1-7)3(5)6/h2,7H,1,4H2,(H,5,6)/i1D2. The number of nitrogens with two attached hydrogens (primary N) is 1. The average molecular weight is 123 g/mol. The van der Waals surface area contributed by atoms with Crippen molar-refractivity contribution in [3.05, 3.63) is 0 Å². The molecule has 0 aromatic rings. The highest BCUT2D eigenvalue weighted by molar-refractivity contribution is 7.80. The van der Waals surface area contributed by atoms with Crippen LogP contribution in [0.1, 0.15) is 2.74 Å². The molecule has 0 aliphatic carbocycles. The molecule has 0 saturated carbocycles. The number of carboxylic acid groups (broad SMARTS) is 1. The summed E-state index contributed by atoms with van der Waals surface area (Å²) in [4.78, 5) is 9.93. The third-order valence-corrected chi connectivity index (χ3v) is 0.683. The van der Waals surface area contributed by atoms with E-state index in [1.807, 2.05) is 0 Å². The van der Waals surface area contributed by atoms with Crippen LogP contribution in [0.5, 0.6) is 0 Å². The zero-order valence-electron chi connectivity index (χ0n) is 5.46. The van der Waals surface area contributed by atoms with E-state index in [1.165, 1.54) is 0 Å². The summed E-state index contributed by atoms with van der Waals surface area (Å²) in [5.41, 5.74) is 2.70. The van der Waals surface area contributed by atoms with E-state index >= 15 is 0 Å². The number of carboxylic acids is 1. The van der Waals surface area contributed by atoms with Crippen molar-refractivity contribution in [2.24, 2.45) is 5.73 Å². The number of hydrogen-bond acceptors (Lipinski definition) is 3. The third kappa shape index (κ3) is 2.47. The highest BCUT2D eigenvalue weighted by Gasteiger charge is 2.06. The van der Waals surface area contributed by atoms with Gasteiger partial charge >= 0.3 is 5.97 Å². The first-order valence-electron chi connectivity index (χ1n) is 2.56. The first-order valence-corrected chi connectivity index (χ1v) is 2.01. The second-order valence-electron chi connectivity index (χ2n) is 0.945. The van der Waals surface area contributed by atoms with Gasteiger partial charge in [0.25, 0.3) is 0 Å².